The van der Waals surface area contributed by atoms with Crippen molar-refractivity contribution in [2.75, 3.05) is 6.54 Å². The van der Waals surface area contributed by atoms with Gasteiger partial charge < -0.3 is 14.6 Å². The summed E-state index contributed by atoms with van der Waals surface area (Å²) in [4.78, 5) is 11.7. The molecule has 0 aliphatic carbocycles. The number of aromatic nitrogens is 1. The van der Waals surface area contributed by atoms with Crippen LogP contribution in [0.15, 0.2) is 24.3 Å². The van der Waals surface area contributed by atoms with E-state index in [-0.39, 0.29) is 6.09 Å². The minimum absolute atomic E-state index is 0.361. The normalized spacial score (nSPS) is 11.7. The lowest BCUT2D eigenvalue weighted by atomic mass is 10.1. The molecule has 0 aliphatic heterocycles. The fourth-order valence-electron chi connectivity index (χ4n) is 2.52. The lowest BCUT2D eigenvalue weighted by molar-refractivity contribution is 0.0528. The number of aryl methyl sites for hydroxylation is 1. The van der Waals surface area contributed by atoms with Crippen LogP contribution in [0.1, 0.15) is 32.0 Å². The second-order valence-electron chi connectivity index (χ2n) is 6.32. The summed E-state index contributed by atoms with van der Waals surface area (Å²) < 4.78 is 7.44. The number of fused-ring (bicyclic) bond motifs is 1. The highest BCUT2D eigenvalue weighted by Crippen LogP contribution is 2.24. The van der Waals surface area contributed by atoms with Crippen molar-refractivity contribution in [2.45, 2.75) is 39.7 Å². The number of alkyl carbamates (subject to hydrolysis) is 1. The highest BCUT2D eigenvalue weighted by molar-refractivity contribution is 5.85. The Hall–Kier alpha value is -1.97. The van der Waals surface area contributed by atoms with Crippen LogP contribution < -0.4 is 5.32 Å². The first-order valence-corrected chi connectivity index (χ1v) is 7.29. The third kappa shape index (κ3) is 3.57. The molecule has 0 saturated heterocycles. The summed E-state index contributed by atoms with van der Waals surface area (Å²) in [6, 6.07) is 8.34. The van der Waals surface area contributed by atoms with Crippen LogP contribution in [-0.2, 0) is 18.2 Å². The smallest absolute Gasteiger partial charge is 0.407 e. The zero-order valence-corrected chi connectivity index (χ0v) is 13.5. The van der Waals surface area contributed by atoms with Crippen molar-refractivity contribution < 1.29 is 9.53 Å². The van der Waals surface area contributed by atoms with E-state index in [0.29, 0.717) is 6.54 Å². The number of rotatable bonds is 3. The quantitative estimate of drug-likeness (QED) is 0.938. The molecule has 1 amide bonds. The molecular formula is C17H24N2O2. The van der Waals surface area contributed by atoms with E-state index >= 15 is 0 Å². The summed E-state index contributed by atoms with van der Waals surface area (Å²) in [5, 5.41) is 4.07. The molecule has 1 heterocycles. The first kappa shape index (κ1) is 15.4. The van der Waals surface area contributed by atoms with Crippen molar-refractivity contribution in [3.05, 3.63) is 35.5 Å². The summed E-state index contributed by atoms with van der Waals surface area (Å²) in [5.74, 6) is 0. The van der Waals surface area contributed by atoms with E-state index in [1.807, 2.05) is 32.9 Å². The molecule has 1 aromatic heterocycles. The number of carbonyl (C=O) groups excluding carboxylic acids is 1. The first-order valence-electron chi connectivity index (χ1n) is 7.29. The fraction of sp³-hybridized carbons (Fsp3) is 0.471. The zero-order chi connectivity index (χ0) is 15.6. The number of para-hydroxylation sites is 1. The number of carbonyl (C=O) groups is 1. The first-order chi connectivity index (χ1) is 9.79. The highest BCUT2D eigenvalue weighted by Gasteiger charge is 2.16. The van der Waals surface area contributed by atoms with Crippen molar-refractivity contribution in [2.24, 2.45) is 7.05 Å². The molecule has 0 aliphatic rings. The van der Waals surface area contributed by atoms with Crippen LogP contribution in [0.2, 0.25) is 0 Å². The maximum atomic E-state index is 11.7. The van der Waals surface area contributed by atoms with Crippen LogP contribution in [0, 0.1) is 6.92 Å². The lowest BCUT2D eigenvalue weighted by Gasteiger charge is -2.19. The monoisotopic (exact) mass is 288 g/mol. The van der Waals surface area contributed by atoms with Crippen molar-refractivity contribution in [1.29, 1.82) is 0 Å². The molecule has 0 saturated carbocycles. The Balaban J connectivity index is 2.05. The van der Waals surface area contributed by atoms with Gasteiger partial charge >= 0.3 is 6.09 Å². The molecule has 0 radical (unpaired) electrons. The third-order valence-electron chi connectivity index (χ3n) is 3.57. The van der Waals surface area contributed by atoms with Crippen LogP contribution in [0.3, 0.4) is 0 Å². The molecule has 0 fully saturated rings. The van der Waals surface area contributed by atoms with Gasteiger partial charge in [0.2, 0.25) is 0 Å². The standard InChI is InChI=1S/C17H24N2O2/c1-12-13(10-11-18-16(20)21-17(2,3)4)14-8-6-7-9-15(14)19(12)5/h6-9H,10-11H2,1-5H3,(H,18,20). The van der Waals surface area contributed by atoms with Gasteiger partial charge in [-0.05, 0) is 45.7 Å². The average molecular weight is 288 g/mol. The fourth-order valence-corrected chi connectivity index (χ4v) is 2.52. The van der Waals surface area contributed by atoms with Crippen molar-refractivity contribution >= 4 is 17.0 Å². The van der Waals surface area contributed by atoms with Crippen LogP contribution in [0.25, 0.3) is 10.9 Å². The second kappa shape index (κ2) is 5.80. The van der Waals surface area contributed by atoms with E-state index in [0.717, 1.165) is 6.42 Å². The number of amides is 1. The topological polar surface area (TPSA) is 43.3 Å². The van der Waals surface area contributed by atoms with Gasteiger partial charge in [-0.2, -0.15) is 0 Å². The van der Waals surface area contributed by atoms with Gasteiger partial charge in [-0.15, -0.1) is 0 Å². The molecule has 1 N–H and O–H groups in total. The van der Waals surface area contributed by atoms with Crippen LogP contribution in [0.4, 0.5) is 4.79 Å². The molecule has 1 aromatic carbocycles. The summed E-state index contributed by atoms with van der Waals surface area (Å²) in [7, 11) is 2.07. The van der Waals surface area contributed by atoms with E-state index in [9.17, 15) is 4.79 Å². The van der Waals surface area contributed by atoms with Crippen molar-refractivity contribution in [3.63, 3.8) is 0 Å². The molecule has 0 unspecified atom stereocenters. The van der Waals surface area contributed by atoms with Crippen LogP contribution in [0.5, 0.6) is 0 Å². The third-order valence-corrected chi connectivity index (χ3v) is 3.57. The maximum Gasteiger partial charge on any atom is 0.407 e. The molecule has 2 aromatic rings. The summed E-state index contributed by atoms with van der Waals surface area (Å²) in [5.41, 5.74) is 3.29. The molecule has 2 rings (SSSR count). The van der Waals surface area contributed by atoms with Gasteiger partial charge in [-0.1, -0.05) is 18.2 Å². The van der Waals surface area contributed by atoms with Gasteiger partial charge in [0.1, 0.15) is 5.60 Å². The van der Waals surface area contributed by atoms with Gasteiger partial charge in [-0.25, -0.2) is 4.79 Å². The molecule has 21 heavy (non-hydrogen) atoms. The second-order valence-corrected chi connectivity index (χ2v) is 6.32. The van der Waals surface area contributed by atoms with Crippen molar-refractivity contribution in [1.82, 2.24) is 9.88 Å². The van der Waals surface area contributed by atoms with Crippen LogP contribution in [-0.4, -0.2) is 22.8 Å². The molecule has 0 bridgehead atoms. The Bertz CT molecular complexity index is 651. The molecular weight excluding hydrogens is 264 g/mol. The Morgan fingerprint density at radius 2 is 1.95 bits per heavy atom. The SMILES string of the molecule is Cc1c(CCNC(=O)OC(C)(C)C)c2ccccc2n1C. The van der Waals surface area contributed by atoms with Gasteiger partial charge in [0.05, 0.1) is 0 Å². The van der Waals surface area contributed by atoms with E-state index in [1.165, 1.54) is 22.2 Å². The van der Waals surface area contributed by atoms with Crippen LogP contribution >= 0.6 is 0 Å². The molecule has 114 valence electrons. The zero-order valence-electron chi connectivity index (χ0n) is 13.5. The number of nitrogens with one attached hydrogen (secondary N) is 1. The van der Waals surface area contributed by atoms with E-state index in [1.54, 1.807) is 0 Å². The van der Waals surface area contributed by atoms with Crippen molar-refractivity contribution in [3.8, 4) is 0 Å². The predicted molar refractivity (Wildman–Crippen MR) is 85.6 cm³/mol. The van der Waals surface area contributed by atoms with E-state index < -0.39 is 5.60 Å². The number of ether oxygens (including phenoxy) is 1. The Kier molecular flexibility index (Phi) is 4.26. The minimum atomic E-state index is -0.459. The minimum Gasteiger partial charge on any atom is -0.444 e. The number of benzene rings is 1. The lowest BCUT2D eigenvalue weighted by Crippen LogP contribution is -2.33. The molecule has 4 nitrogen and oxygen atoms in total. The Morgan fingerprint density at radius 1 is 1.29 bits per heavy atom. The molecule has 0 spiro atoms. The van der Waals surface area contributed by atoms with E-state index in [2.05, 4.69) is 36.0 Å². The number of nitrogens with zero attached hydrogens (tertiary/aromatic N) is 1. The largest absolute Gasteiger partial charge is 0.444 e. The average Bonchev–Trinajstić information content (AvgIpc) is 2.62. The summed E-state index contributed by atoms with van der Waals surface area (Å²) >= 11 is 0. The molecule has 0 atom stereocenters. The van der Waals surface area contributed by atoms with Gasteiger partial charge in [0.25, 0.3) is 0 Å². The molecule has 4 heteroatoms. The predicted octanol–water partition coefficient (Wildman–Crippen LogP) is 3.55. The maximum absolute atomic E-state index is 11.7. The Labute approximate surface area is 126 Å². The highest BCUT2D eigenvalue weighted by atomic mass is 16.6. The summed E-state index contributed by atoms with van der Waals surface area (Å²) in [6.07, 6.45) is 0.437. The van der Waals surface area contributed by atoms with Gasteiger partial charge in [-0.3, -0.25) is 0 Å². The Morgan fingerprint density at radius 3 is 2.62 bits per heavy atom. The number of hydrogen-bond donors (Lipinski definition) is 1. The number of hydrogen-bond acceptors (Lipinski definition) is 2. The summed E-state index contributed by atoms with van der Waals surface area (Å²) in [6.45, 7) is 8.27. The van der Waals surface area contributed by atoms with Gasteiger partial charge in [0, 0.05) is 30.2 Å². The van der Waals surface area contributed by atoms with E-state index in [4.69, 9.17) is 4.74 Å². The van der Waals surface area contributed by atoms with Gasteiger partial charge in [0.15, 0.2) is 0 Å².